The fraction of sp³-hybridized carbons (Fsp3) is 0.176. The van der Waals surface area contributed by atoms with Gasteiger partial charge in [0.15, 0.2) is 0 Å². The van der Waals surface area contributed by atoms with Crippen LogP contribution in [0.2, 0.25) is 0 Å². The lowest BCUT2D eigenvalue weighted by Crippen LogP contribution is -2.08. The Hall–Kier alpha value is -3.22. The Morgan fingerprint density at radius 1 is 1.04 bits per heavy atom. The predicted molar refractivity (Wildman–Crippen MR) is 93.1 cm³/mol. The van der Waals surface area contributed by atoms with E-state index in [0.717, 1.165) is 21.7 Å². The molecule has 0 unspecified atom stereocenters. The van der Waals surface area contributed by atoms with Crippen molar-refractivity contribution in [3.8, 4) is 5.69 Å². The van der Waals surface area contributed by atoms with Crippen molar-refractivity contribution >= 4 is 17.6 Å². The minimum Gasteiger partial charge on any atom is -0.618 e. The van der Waals surface area contributed by atoms with Gasteiger partial charge in [-0.25, -0.2) is 0 Å². The van der Waals surface area contributed by atoms with Gasteiger partial charge in [-0.2, -0.15) is 4.74 Å². The topological polar surface area (TPSA) is 72.9 Å². The molecule has 3 rings (SSSR count). The highest BCUT2D eigenvalue weighted by atomic mass is 16.5. The number of nitrogens with zero attached hydrogens (tertiary/aromatic N) is 6. The van der Waals surface area contributed by atoms with Gasteiger partial charge in [-0.1, -0.05) is 17.7 Å². The smallest absolute Gasteiger partial charge is 0.262 e. The summed E-state index contributed by atoms with van der Waals surface area (Å²) in [7, 11) is 3.90. The van der Waals surface area contributed by atoms with Crippen molar-refractivity contribution in [2.45, 2.75) is 6.92 Å². The second-order valence-corrected chi connectivity index (χ2v) is 5.64. The SMILES string of the molecule is Cc1ccc(-n2nnc(/C=[N+](/[O-])c3ccc(N(C)C)cc3)n2)cc1. The summed E-state index contributed by atoms with van der Waals surface area (Å²) < 4.78 is 0.732. The van der Waals surface area contributed by atoms with Crippen molar-refractivity contribution in [1.29, 1.82) is 0 Å². The van der Waals surface area contributed by atoms with E-state index in [1.54, 1.807) is 12.1 Å². The highest BCUT2D eigenvalue weighted by Crippen LogP contribution is 2.17. The number of aromatic nitrogens is 4. The molecule has 0 N–H and O–H groups in total. The summed E-state index contributed by atoms with van der Waals surface area (Å²) in [6.07, 6.45) is 1.31. The van der Waals surface area contributed by atoms with E-state index in [1.807, 2.05) is 62.3 Å². The Balaban J connectivity index is 1.82. The fourth-order valence-corrected chi connectivity index (χ4v) is 2.14. The first-order valence-corrected chi connectivity index (χ1v) is 7.48. The Morgan fingerprint density at radius 2 is 1.71 bits per heavy atom. The van der Waals surface area contributed by atoms with Gasteiger partial charge < -0.3 is 10.1 Å². The summed E-state index contributed by atoms with van der Waals surface area (Å²) >= 11 is 0. The van der Waals surface area contributed by atoms with Crippen LogP contribution in [-0.2, 0) is 0 Å². The molecular formula is C17H18N6O. The number of hydrogen-bond donors (Lipinski definition) is 0. The van der Waals surface area contributed by atoms with E-state index in [2.05, 4.69) is 15.4 Å². The van der Waals surface area contributed by atoms with Crippen LogP contribution in [0.4, 0.5) is 11.4 Å². The van der Waals surface area contributed by atoms with Crippen molar-refractivity contribution in [3.63, 3.8) is 0 Å². The second kappa shape index (κ2) is 6.49. The largest absolute Gasteiger partial charge is 0.618 e. The van der Waals surface area contributed by atoms with Crippen LogP contribution in [-0.4, -0.2) is 45.3 Å². The Labute approximate surface area is 140 Å². The molecule has 7 heteroatoms. The molecule has 24 heavy (non-hydrogen) atoms. The first-order valence-electron chi connectivity index (χ1n) is 7.48. The van der Waals surface area contributed by atoms with Gasteiger partial charge >= 0.3 is 0 Å². The molecule has 0 spiro atoms. The number of anilines is 1. The molecule has 122 valence electrons. The quantitative estimate of drug-likeness (QED) is 0.319. The molecule has 0 saturated heterocycles. The van der Waals surface area contributed by atoms with Crippen molar-refractivity contribution in [2.24, 2.45) is 0 Å². The maximum atomic E-state index is 12.2. The molecule has 1 aromatic heterocycles. The van der Waals surface area contributed by atoms with Crippen molar-refractivity contribution < 1.29 is 4.74 Å². The zero-order valence-electron chi connectivity index (χ0n) is 13.8. The number of rotatable bonds is 4. The standard InChI is InChI=1S/C17H18N6O/c1-13-4-6-16(7-5-13)23-19-17(18-20-23)12-22(24)15-10-8-14(9-11-15)21(2)3/h4-12H,1-3H3/b22-12+. The lowest BCUT2D eigenvalue weighted by Gasteiger charge is -2.11. The third-order valence-electron chi connectivity index (χ3n) is 3.55. The van der Waals surface area contributed by atoms with Crippen molar-refractivity contribution in [2.75, 3.05) is 19.0 Å². The van der Waals surface area contributed by atoms with Crippen LogP contribution in [0.5, 0.6) is 0 Å². The molecule has 3 aromatic rings. The summed E-state index contributed by atoms with van der Waals surface area (Å²) in [5, 5.41) is 24.3. The van der Waals surface area contributed by atoms with Crippen LogP contribution in [0.15, 0.2) is 48.5 Å². The fourth-order valence-electron chi connectivity index (χ4n) is 2.14. The zero-order valence-corrected chi connectivity index (χ0v) is 13.8. The summed E-state index contributed by atoms with van der Waals surface area (Å²) in [4.78, 5) is 3.37. The van der Waals surface area contributed by atoms with E-state index in [1.165, 1.54) is 11.0 Å². The molecule has 1 heterocycles. The summed E-state index contributed by atoms with van der Waals surface area (Å²) in [5.41, 5.74) is 3.47. The van der Waals surface area contributed by atoms with E-state index in [0.29, 0.717) is 5.69 Å². The summed E-state index contributed by atoms with van der Waals surface area (Å²) in [6, 6.07) is 15.0. The van der Waals surface area contributed by atoms with Gasteiger partial charge in [0.05, 0.1) is 5.69 Å². The minimum atomic E-state index is 0.252. The minimum absolute atomic E-state index is 0.252. The van der Waals surface area contributed by atoms with Crippen LogP contribution in [0.1, 0.15) is 11.4 Å². The second-order valence-electron chi connectivity index (χ2n) is 5.64. The third-order valence-corrected chi connectivity index (χ3v) is 3.55. The van der Waals surface area contributed by atoms with Gasteiger partial charge in [0.2, 0.25) is 11.9 Å². The molecular weight excluding hydrogens is 304 g/mol. The average Bonchev–Trinajstić information content (AvgIpc) is 3.04. The third kappa shape index (κ3) is 3.40. The number of hydrogen-bond acceptors (Lipinski definition) is 5. The summed E-state index contributed by atoms with van der Waals surface area (Å²) in [6.45, 7) is 2.01. The van der Waals surface area contributed by atoms with Crippen LogP contribution in [0.3, 0.4) is 0 Å². The van der Waals surface area contributed by atoms with Gasteiger partial charge in [0, 0.05) is 31.9 Å². The molecule has 0 fully saturated rings. The van der Waals surface area contributed by atoms with Crippen LogP contribution in [0, 0.1) is 12.1 Å². The Kier molecular flexibility index (Phi) is 4.24. The Bertz CT molecular complexity index is 850. The number of aryl methyl sites for hydroxylation is 1. The molecule has 0 saturated carbocycles. The molecule has 0 aliphatic rings. The average molecular weight is 322 g/mol. The molecule has 2 aromatic carbocycles. The van der Waals surface area contributed by atoms with E-state index < -0.39 is 0 Å². The van der Waals surface area contributed by atoms with E-state index >= 15 is 0 Å². The van der Waals surface area contributed by atoms with Crippen LogP contribution in [0.25, 0.3) is 5.69 Å². The van der Waals surface area contributed by atoms with E-state index in [4.69, 9.17) is 0 Å². The van der Waals surface area contributed by atoms with Gasteiger partial charge in [-0.05, 0) is 36.4 Å². The van der Waals surface area contributed by atoms with Gasteiger partial charge in [-0.15, -0.1) is 15.0 Å². The van der Waals surface area contributed by atoms with E-state index in [9.17, 15) is 5.21 Å². The molecule has 0 atom stereocenters. The molecule has 0 radical (unpaired) electrons. The maximum absolute atomic E-state index is 12.2. The summed E-state index contributed by atoms with van der Waals surface area (Å²) in [5.74, 6) is 0.252. The molecule has 0 bridgehead atoms. The van der Waals surface area contributed by atoms with E-state index in [-0.39, 0.29) is 5.82 Å². The monoisotopic (exact) mass is 322 g/mol. The highest BCUT2D eigenvalue weighted by molar-refractivity contribution is 5.70. The van der Waals surface area contributed by atoms with Crippen molar-refractivity contribution in [3.05, 3.63) is 65.1 Å². The maximum Gasteiger partial charge on any atom is 0.262 e. The lowest BCUT2D eigenvalue weighted by molar-refractivity contribution is -0.354. The Morgan fingerprint density at radius 3 is 2.33 bits per heavy atom. The zero-order chi connectivity index (χ0) is 17.1. The molecule has 0 amide bonds. The predicted octanol–water partition coefficient (Wildman–Crippen LogP) is 2.30. The van der Waals surface area contributed by atoms with Gasteiger partial charge in [0.25, 0.3) is 5.82 Å². The highest BCUT2D eigenvalue weighted by Gasteiger charge is 2.08. The first-order chi connectivity index (χ1) is 11.5. The van der Waals surface area contributed by atoms with Crippen molar-refractivity contribution in [1.82, 2.24) is 20.2 Å². The molecule has 0 aliphatic heterocycles. The molecule has 7 nitrogen and oxygen atoms in total. The van der Waals surface area contributed by atoms with Crippen LogP contribution < -0.4 is 4.90 Å². The van der Waals surface area contributed by atoms with Gasteiger partial charge in [-0.3, -0.25) is 0 Å². The van der Waals surface area contributed by atoms with Crippen LogP contribution >= 0.6 is 0 Å². The number of tetrazole rings is 1. The lowest BCUT2D eigenvalue weighted by atomic mass is 10.2. The molecule has 0 aliphatic carbocycles. The van der Waals surface area contributed by atoms with Gasteiger partial charge in [0.1, 0.15) is 0 Å². The first kappa shape index (κ1) is 15.7. The number of benzene rings is 2. The normalized spacial score (nSPS) is 11.5.